The minimum atomic E-state index is 0.543. The molecule has 0 aromatic rings. The number of hydrogen-bond donors (Lipinski definition) is 1. The van der Waals surface area contributed by atoms with Crippen LogP contribution < -0.4 is 5.32 Å². The first-order valence-electron chi connectivity index (χ1n) is 9.49. The molecule has 2 rings (SSSR count). The average Bonchev–Trinajstić information content (AvgIpc) is 2.46. The second kappa shape index (κ2) is 7.97. The maximum Gasteiger partial charge on any atom is 0.00502 e. The number of nitrogens with zero attached hydrogens (tertiary/aromatic N) is 1. The lowest BCUT2D eigenvalue weighted by Crippen LogP contribution is -2.49. The molecule has 0 aromatic carbocycles. The molecule has 0 amide bonds. The summed E-state index contributed by atoms with van der Waals surface area (Å²) in [5, 5.41) is 3.76. The smallest absolute Gasteiger partial charge is 0.00502 e. The number of likely N-dealkylation sites (tertiary alicyclic amines) is 1. The third kappa shape index (κ3) is 5.25. The molecule has 2 nitrogen and oxygen atoms in total. The quantitative estimate of drug-likeness (QED) is 0.785. The van der Waals surface area contributed by atoms with Gasteiger partial charge in [-0.1, -0.05) is 47.0 Å². The Bertz CT molecular complexity index is 294. The predicted octanol–water partition coefficient (Wildman–Crippen LogP) is 4.30. The van der Waals surface area contributed by atoms with Crippen molar-refractivity contribution in [3.8, 4) is 0 Å². The van der Waals surface area contributed by atoms with E-state index in [-0.39, 0.29) is 0 Å². The largest absolute Gasteiger partial charge is 0.314 e. The number of hydrogen-bond acceptors (Lipinski definition) is 2. The minimum absolute atomic E-state index is 0.543. The van der Waals surface area contributed by atoms with E-state index in [4.69, 9.17) is 0 Å². The van der Waals surface area contributed by atoms with Crippen LogP contribution in [0.5, 0.6) is 0 Å². The summed E-state index contributed by atoms with van der Waals surface area (Å²) in [6.45, 7) is 14.6. The Labute approximate surface area is 133 Å². The highest BCUT2D eigenvalue weighted by Crippen LogP contribution is 2.40. The molecule has 124 valence electrons. The van der Waals surface area contributed by atoms with Gasteiger partial charge < -0.3 is 10.2 Å². The van der Waals surface area contributed by atoms with Gasteiger partial charge in [0, 0.05) is 19.1 Å². The van der Waals surface area contributed by atoms with E-state index in [1.807, 2.05) is 0 Å². The molecule has 1 N–H and O–H groups in total. The summed E-state index contributed by atoms with van der Waals surface area (Å²) in [6, 6.07) is 0.616. The Balaban J connectivity index is 1.92. The normalized spacial score (nSPS) is 32.7. The molecule has 0 aromatic heterocycles. The summed E-state index contributed by atoms with van der Waals surface area (Å²) in [7, 11) is 0. The Morgan fingerprint density at radius 3 is 2.48 bits per heavy atom. The van der Waals surface area contributed by atoms with Gasteiger partial charge in [0.05, 0.1) is 0 Å². The fourth-order valence-electron chi connectivity index (χ4n) is 4.58. The zero-order valence-corrected chi connectivity index (χ0v) is 15.0. The third-order valence-corrected chi connectivity index (χ3v) is 5.91. The highest BCUT2D eigenvalue weighted by Gasteiger charge is 2.37. The fourth-order valence-corrected chi connectivity index (χ4v) is 4.58. The van der Waals surface area contributed by atoms with Gasteiger partial charge in [0.1, 0.15) is 0 Å². The van der Waals surface area contributed by atoms with E-state index in [0.717, 1.165) is 11.8 Å². The van der Waals surface area contributed by atoms with Crippen LogP contribution in [-0.2, 0) is 0 Å². The van der Waals surface area contributed by atoms with Crippen LogP contribution in [0.4, 0.5) is 0 Å². The first-order chi connectivity index (χ1) is 10.0. The van der Waals surface area contributed by atoms with Crippen molar-refractivity contribution in [3.63, 3.8) is 0 Å². The van der Waals surface area contributed by atoms with Crippen molar-refractivity contribution >= 4 is 0 Å². The van der Waals surface area contributed by atoms with Crippen LogP contribution in [0.1, 0.15) is 72.6 Å². The Kier molecular flexibility index (Phi) is 6.55. The zero-order valence-electron chi connectivity index (χ0n) is 15.0. The maximum atomic E-state index is 3.76. The number of piperidine rings is 1. The van der Waals surface area contributed by atoms with Crippen molar-refractivity contribution in [2.24, 2.45) is 17.3 Å². The molecule has 2 fully saturated rings. The van der Waals surface area contributed by atoms with Crippen molar-refractivity contribution in [2.45, 2.75) is 78.7 Å². The standard InChI is InChI=1S/C19H38N2/c1-5-18-8-11-21(12-9-18)15-19(14-20-16(2)3)10-6-7-17(4)13-19/h16-18,20H,5-15H2,1-4H3. The van der Waals surface area contributed by atoms with E-state index in [9.17, 15) is 0 Å². The van der Waals surface area contributed by atoms with E-state index in [2.05, 4.69) is 37.9 Å². The fraction of sp³-hybridized carbons (Fsp3) is 1.00. The molecule has 2 aliphatic rings. The summed E-state index contributed by atoms with van der Waals surface area (Å²) < 4.78 is 0. The van der Waals surface area contributed by atoms with Crippen LogP contribution >= 0.6 is 0 Å². The first kappa shape index (κ1) is 17.3. The van der Waals surface area contributed by atoms with Crippen LogP contribution in [0.25, 0.3) is 0 Å². The molecule has 0 spiro atoms. The summed E-state index contributed by atoms with van der Waals surface area (Å²) in [5.74, 6) is 1.91. The molecule has 1 aliphatic carbocycles. The number of rotatable bonds is 6. The molecule has 1 aliphatic heterocycles. The lowest BCUT2D eigenvalue weighted by Gasteiger charge is -2.45. The van der Waals surface area contributed by atoms with E-state index in [1.165, 1.54) is 71.1 Å². The molecule has 1 heterocycles. The second-order valence-corrected chi connectivity index (χ2v) is 8.36. The molecule has 2 heteroatoms. The number of nitrogens with one attached hydrogen (secondary N) is 1. The topological polar surface area (TPSA) is 15.3 Å². The summed E-state index contributed by atoms with van der Waals surface area (Å²) in [5.41, 5.74) is 0.543. The first-order valence-corrected chi connectivity index (χ1v) is 9.49. The Morgan fingerprint density at radius 2 is 1.90 bits per heavy atom. The highest BCUT2D eigenvalue weighted by atomic mass is 15.1. The van der Waals surface area contributed by atoms with Crippen LogP contribution in [-0.4, -0.2) is 37.1 Å². The zero-order chi connectivity index (χ0) is 15.3. The van der Waals surface area contributed by atoms with Crippen LogP contribution in [0, 0.1) is 17.3 Å². The lowest BCUT2D eigenvalue weighted by molar-refractivity contribution is 0.0592. The van der Waals surface area contributed by atoms with E-state index < -0.39 is 0 Å². The lowest BCUT2D eigenvalue weighted by atomic mass is 9.69. The maximum absolute atomic E-state index is 3.76. The Hall–Kier alpha value is -0.0800. The van der Waals surface area contributed by atoms with Crippen LogP contribution in [0.3, 0.4) is 0 Å². The van der Waals surface area contributed by atoms with Gasteiger partial charge in [-0.15, -0.1) is 0 Å². The van der Waals surface area contributed by atoms with Gasteiger partial charge in [-0.05, 0) is 56.0 Å². The van der Waals surface area contributed by atoms with Crippen molar-refractivity contribution < 1.29 is 0 Å². The molecule has 0 bridgehead atoms. The van der Waals surface area contributed by atoms with E-state index >= 15 is 0 Å². The monoisotopic (exact) mass is 294 g/mol. The highest BCUT2D eigenvalue weighted by molar-refractivity contribution is 4.91. The van der Waals surface area contributed by atoms with Crippen molar-refractivity contribution in [1.29, 1.82) is 0 Å². The molecule has 0 radical (unpaired) electrons. The molecular weight excluding hydrogens is 256 g/mol. The molecular formula is C19H38N2. The molecule has 2 unspecified atom stereocenters. The van der Waals surface area contributed by atoms with Gasteiger partial charge in [-0.2, -0.15) is 0 Å². The van der Waals surface area contributed by atoms with Crippen molar-refractivity contribution in [1.82, 2.24) is 10.2 Å². The minimum Gasteiger partial charge on any atom is -0.314 e. The van der Waals surface area contributed by atoms with Gasteiger partial charge in [0.2, 0.25) is 0 Å². The Morgan fingerprint density at radius 1 is 1.19 bits per heavy atom. The second-order valence-electron chi connectivity index (χ2n) is 8.36. The molecule has 21 heavy (non-hydrogen) atoms. The van der Waals surface area contributed by atoms with Gasteiger partial charge in [-0.3, -0.25) is 0 Å². The van der Waals surface area contributed by atoms with Crippen molar-refractivity contribution in [3.05, 3.63) is 0 Å². The third-order valence-electron chi connectivity index (χ3n) is 5.91. The predicted molar refractivity (Wildman–Crippen MR) is 92.7 cm³/mol. The van der Waals surface area contributed by atoms with E-state index in [0.29, 0.717) is 11.5 Å². The molecule has 2 atom stereocenters. The van der Waals surface area contributed by atoms with Gasteiger partial charge in [0.25, 0.3) is 0 Å². The molecule has 1 saturated carbocycles. The molecule has 1 saturated heterocycles. The summed E-state index contributed by atoms with van der Waals surface area (Å²) in [4.78, 5) is 2.78. The summed E-state index contributed by atoms with van der Waals surface area (Å²) >= 11 is 0. The SMILES string of the molecule is CCC1CCN(CC2(CNC(C)C)CCCC(C)C2)CC1. The van der Waals surface area contributed by atoms with Crippen LogP contribution in [0.2, 0.25) is 0 Å². The van der Waals surface area contributed by atoms with Crippen LogP contribution in [0.15, 0.2) is 0 Å². The van der Waals surface area contributed by atoms with Gasteiger partial charge in [0.15, 0.2) is 0 Å². The van der Waals surface area contributed by atoms with Crippen molar-refractivity contribution in [2.75, 3.05) is 26.2 Å². The van der Waals surface area contributed by atoms with Gasteiger partial charge in [-0.25, -0.2) is 0 Å². The van der Waals surface area contributed by atoms with Gasteiger partial charge >= 0.3 is 0 Å². The summed E-state index contributed by atoms with van der Waals surface area (Å²) in [6.07, 6.45) is 9.99. The average molecular weight is 295 g/mol. The van der Waals surface area contributed by atoms with E-state index in [1.54, 1.807) is 0 Å².